The van der Waals surface area contributed by atoms with Crippen LogP contribution in [0.1, 0.15) is 11.1 Å². The average molecular weight is 370 g/mol. The second kappa shape index (κ2) is 6.64. The van der Waals surface area contributed by atoms with Gasteiger partial charge in [-0.25, -0.2) is 0 Å². The number of fused-ring (bicyclic) bond motifs is 3. The van der Waals surface area contributed by atoms with Crippen LogP contribution in [0.5, 0.6) is 0 Å². The fraction of sp³-hybridized carbons (Fsp3) is 0. The van der Waals surface area contributed by atoms with Crippen LogP contribution in [-0.4, -0.2) is 9.55 Å². The zero-order valence-electron chi connectivity index (χ0n) is 15.4. The Balaban J connectivity index is 1.75. The summed E-state index contributed by atoms with van der Waals surface area (Å²) in [6.45, 7) is 0. The van der Waals surface area contributed by atoms with Gasteiger partial charge in [0.05, 0.1) is 33.9 Å². The second-order valence-corrected chi connectivity index (χ2v) is 6.79. The molecule has 0 radical (unpaired) electrons. The third kappa shape index (κ3) is 2.72. The molecule has 0 amide bonds. The van der Waals surface area contributed by atoms with Gasteiger partial charge in [-0.2, -0.15) is 10.5 Å². The fourth-order valence-electron chi connectivity index (χ4n) is 3.76. The molecule has 2 aromatic heterocycles. The van der Waals surface area contributed by atoms with Gasteiger partial charge in [0.2, 0.25) is 0 Å². The van der Waals surface area contributed by atoms with Crippen molar-refractivity contribution in [3.05, 3.63) is 96.2 Å². The van der Waals surface area contributed by atoms with Crippen LogP contribution >= 0.6 is 0 Å². The first-order valence-electron chi connectivity index (χ1n) is 9.19. The van der Waals surface area contributed by atoms with Crippen molar-refractivity contribution in [2.24, 2.45) is 0 Å². The summed E-state index contributed by atoms with van der Waals surface area (Å²) in [6, 6.07) is 30.2. The number of aromatic nitrogens is 2. The molecule has 4 nitrogen and oxygen atoms in total. The predicted molar refractivity (Wildman–Crippen MR) is 113 cm³/mol. The van der Waals surface area contributed by atoms with Gasteiger partial charge in [0, 0.05) is 28.2 Å². The molecular formula is C25H14N4. The van der Waals surface area contributed by atoms with Gasteiger partial charge in [-0.05, 0) is 48.5 Å². The lowest BCUT2D eigenvalue weighted by Crippen LogP contribution is -1.95. The van der Waals surface area contributed by atoms with Crippen molar-refractivity contribution >= 4 is 21.8 Å². The van der Waals surface area contributed by atoms with E-state index in [1.807, 2.05) is 48.5 Å². The smallest absolute Gasteiger partial charge is 0.101 e. The fourth-order valence-corrected chi connectivity index (χ4v) is 3.76. The summed E-state index contributed by atoms with van der Waals surface area (Å²) in [4.78, 5) is 4.42. The topological polar surface area (TPSA) is 65.4 Å². The van der Waals surface area contributed by atoms with E-state index in [1.165, 1.54) is 0 Å². The van der Waals surface area contributed by atoms with E-state index in [9.17, 15) is 5.26 Å². The van der Waals surface area contributed by atoms with Crippen molar-refractivity contribution in [3.8, 4) is 29.1 Å². The molecule has 0 N–H and O–H groups in total. The summed E-state index contributed by atoms with van der Waals surface area (Å²) in [5.41, 5.74) is 6.14. The first-order valence-corrected chi connectivity index (χ1v) is 9.19. The summed E-state index contributed by atoms with van der Waals surface area (Å²) >= 11 is 0. The Hall–Kier alpha value is -4.41. The number of para-hydroxylation sites is 1. The summed E-state index contributed by atoms with van der Waals surface area (Å²) in [5, 5.41) is 20.5. The molecule has 134 valence electrons. The number of benzene rings is 3. The summed E-state index contributed by atoms with van der Waals surface area (Å²) in [6.07, 6.45) is 1.59. The van der Waals surface area contributed by atoms with Gasteiger partial charge in [0.15, 0.2) is 0 Å². The van der Waals surface area contributed by atoms with E-state index in [0.29, 0.717) is 11.1 Å². The molecule has 5 rings (SSSR count). The normalized spacial score (nSPS) is 10.7. The van der Waals surface area contributed by atoms with Crippen molar-refractivity contribution in [1.82, 2.24) is 9.55 Å². The number of nitriles is 2. The highest BCUT2D eigenvalue weighted by atomic mass is 15.0. The average Bonchev–Trinajstić information content (AvgIpc) is 3.13. The molecule has 0 bridgehead atoms. The highest BCUT2D eigenvalue weighted by Gasteiger charge is 2.13. The lowest BCUT2D eigenvalue weighted by Gasteiger charge is -2.10. The third-order valence-corrected chi connectivity index (χ3v) is 5.09. The van der Waals surface area contributed by atoms with Crippen LogP contribution in [0.15, 0.2) is 85.1 Å². The SMILES string of the molecule is N#Cc1ccc(-c2cccc(-n3c4ccccc4c4cc(C#N)ccc43)c2)nc1. The molecule has 0 aliphatic rings. The Kier molecular flexibility index (Phi) is 3.83. The third-order valence-electron chi connectivity index (χ3n) is 5.09. The quantitative estimate of drug-likeness (QED) is 0.407. The standard InChI is InChI=1S/C25H14N4/c26-14-17-9-11-25-22(12-17)21-6-1-2-7-24(21)29(25)20-5-3-4-19(13-20)23-10-8-18(15-27)16-28-23/h1-13,16H. The van der Waals surface area contributed by atoms with E-state index >= 15 is 0 Å². The van der Waals surface area contributed by atoms with E-state index < -0.39 is 0 Å². The number of hydrogen-bond acceptors (Lipinski definition) is 3. The molecule has 29 heavy (non-hydrogen) atoms. The van der Waals surface area contributed by atoms with Crippen LogP contribution < -0.4 is 0 Å². The Morgan fingerprint density at radius 2 is 1.48 bits per heavy atom. The minimum atomic E-state index is 0.542. The lowest BCUT2D eigenvalue weighted by molar-refractivity contribution is 1.18. The van der Waals surface area contributed by atoms with Crippen LogP contribution in [0, 0.1) is 22.7 Å². The van der Waals surface area contributed by atoms with Crippen molar-refractivity contribution < 1.29 is 0 Å². The van der Waals surface area contributed by atoms with Gasteiger partial charge < -0.3 is 4.57 Å². The summed E-state index contributed by atoms with van der Waals surface area (Å²) in [5.74, 6) is 0. The first-order chi connectivity index (χ1) is 14.3. The van der Waals surface area contributed by atoms with Crippen molar-refractivity contribution in [2.45, 2.75) is 0 Å². The van der Waals surface area contributed by atoms with Gasteiger partial charge in [-0.15, -0.1) is 0 Å². The number of hydrogen-bond donors (Lipinski definition) is 0. The number of rotatable bonds is 2. The molecule has 3 aromatic carbocycles. The molecule has 0 saturated heterocycles. The Morgan fingerprint density at radius 1 is 0.690 bits per heavy atom. The van der Waals surface area contributed by atoms with E-state index in [2.05, 4.69) is 46.0 Å². The molecule has 0 spiro atoms. The Labute approximate surface area is 167 Å². The predicted octanol–water partition coefficient (Wildman–Crippen LogP) is 5.59. The van der Waals surface area contributed by atoms with Gasteiger partial charge in [0.1, 0.15) is 6.07 Å². The molecule has 0 atom stereocenters. The maximum absolute atomic E-state index is 9.31. The van der Waals surface area contributed by atoms with Crippen molar-refractivity contribution in [2.75, 3.05) is 0 Å². The van der Waals surface area contributed by atoms with E-state index in [4.69, 9.17) is 5.26 Å². The minimum Gasteiger partial charge on any atom is -0.309 e. The van der Waals surface area contributed by atoms with Crippen LogP contribution in [0.2, 0.25) is 0 Å². The monoisotopic (exact) mass is 370 g/mol. The first kappa shape index (κ1) is 16.7. The van der Waals surface area contributed by atoms with Gasteiger partial charge >= 0.3 is 0 Å². The van der Waals surface area contributed by atoms with Crippen LogP contribution in [0.3, 0.4) is 0 Å². The van der Waals surface area contributed by atoms with Gasteiger partial charge in [-0.1, -0.05) is 30.3 Å². The highest BCUT2D eigenvalue weighted by Crippen LogP contribution is 2.33. The zero-order chi connectivity index (χ0) is 19.8. The molecule has 5 aromatic rings. The maximum Gasteiger partial charge on any atom is 0.101 e. The Morgan fingerprint density at radius 3 is 2.28 bits per heavy atom. The molecular weight excluding hydrogens is 356 g/mol. The van der Waals surface area contributed by atoms with E-state index in [0.717, 1.165) is 38.8 Å². The van der Waals surface area contributed by atoms with Crippen molar-refractivity contribution in [3.63, 3.8) is 0 Å². The van der Waals surface area contributed by atoms with Gasteiger partial charge in [-0.3, -0.25) is 4.98 Å². The largest absolute Gasteiger partial charge is 0.309 e. The summed E-state index contributed by atoms with van der Waals surface area (Å²) in [7, 11) is 0. The lowest BCUT2D eigenvalue weighted by atomic mass is 10.1. The van der Waals surface area contributed by atoms with Gasteiger partial charge in [0.25, 0.3) is 0 Å². The Bertz CT molecular complexity index is 1460. The second-order valence-electron chi connectivity index (χ2n) is 6.79. The highest BCUT2D eigenvalue weighted by molar-refractivity contribution is 6.09. The molecule has 0 saturated carbocycles. The molecule has 0 aliphatic heterocycles. The van der Waals surface area contributed by atoms with Crippen LogP contribution in [-0.2, 0) is 0 Å². The molecule has 0 aliphatic carbocycles. The van der Waals surface area contributed by atoms with E-state index in [-0.39, 0.29) is 0 Å². The van der Waals surface area contributed by atoms with Crippen molar-refractivity contribution in [1.29, 1.82) is 10.5 Å². The zero-order valence-corrected chi connectivity index (χ0v) is 15.4. The number of pyridine rings is 1. The maximum atomic E-state index is 9.31. The summed E-state index contributed by atoms with van der Waals surface area (Å²) < 4.78 is 2.21. The molecule has 2 heterocycles. The molecule has 4 heteroatoms. The molecule has 0 fully saturated rings. The minimum absolute atomic E-state index is 0.542. The molecule has 0 unspecified atom stereocenters. The van der Waals surface area contributed by atoms with Crippen LogP contribution in [0.25, 0.3) is 38.8 Å². The number of nitrogens with zero attached hydrogens (tertiary/aromatic N) is 4. The van der Waals surface area contributed by atoms with E-state index in [1.54, 1.807) is 12.3 Å². The van der Waals surface area contributed by atoms with Crippen LogP contribution in [0.4, 0.5) is 0 Å².